The van der Waals surface area contributed by atoms with Crippen LogP contribution in [-0.2, 0) is 21.0 Å². The topological polar surface area (TPSA) is 29.1 Å². The molecule has 30 heavy (non-hydrogen) atoms. The number of benzene rings is 2. The van der Waals surface area contributed by atoms with Crippen LogP contribution in [-0.4, -0.2) is 5.91 Å². The van der Waals surface area contributed by atoms with Crippen LogP contribution in [0.2, 0.25) is 0 Å². The number of hydrogen-bond acceptors (Lipinski definition) is 1. The Morgan fingerprint density at radius 2 is 1.27 bits per heavy atom. The van der Waals surface area contributed by atoms with Crippen molar-refractivity contribution in [3.63, 3.8) is 0 Å². The predicted molar refractivity (Wildman–Crippen MR) is 131 cm³/mol. The van der Waals surface area contributed by atoms with E-state index in [4.69, 9.17) is 0 Å². The van der Waals surface area contributed by atoms with Crippen molar-refractivity contribution in [2.45, 2.75) is 97.8 Å². The molecule has 1 N–H and O–H groups in total. The number of rotatable bonds is 4. The van der Waals surface area contributed by atoms with Gasteiger partial charge in [0.15, 0.2) is 0 Å². The van der Waals surface area contributed by atoms with E-state index in [2.05, 4.69) is 98.8 Å². The third-order valence-corrected chi connectivity index (χ3v) is 5.75. The molecule has 2 heteroatoms. The van der Waals surface area contributed by atoms with Crippen LogP contribution < -0.4 is 5.32 Å². The summed E-state index contributed by atoms with van der Waals surface area (Å²) in [7, 11) is 0. The van der Waals surface area contributed by atoms with Gasteiger partial charge in [-0.25, -0.2) is 0 Å². The summed E-state index contributed by atoms with van der Waals surface area (Å²) < 4.78 is 0. The largest absolute Gasteiger partial charge is 0.326 e. The third-order valence-electron chi connectivity index (χ3n) is 5.75. The quantitative estimate of drug-likeness (QED) is 0.552. The van der Waals surface area contributed by atoms with Gasteiger partial charge in [0, 0.05) is 12.1 Å². The van der Waals surface area contributed by atoms with Crippen LogP contribution in [0.4, 0.5) is 5.69 Å². The molecule has 2 nitrogen and oxygen atoms in total. The van der Waals surface area contributed by atoms with Crippen LogP contribution in [0, 0.1) is 0 Å². The van der Waals surface area contributed by atoms with Crippen LogP contribution in [0.3, 0.4) is 0 Å². The van der Waals surface area contributed by atoms with E-state index in [9.17, 15) is 4.79 Å². The molecule has 0 fully saturated rings. The van der Waals surface area contributed by atoms with Gasteiger partial charge in [0.05, 0.1) is 0 Å². The van der Waals surface area contributed by atoms with Gasteiger partial charge in [-0.1, -0.05) is 112 Å². The van der Waals surface area contributed by atoms with Crippen molar-refractivity contribution >= 4 is 11.6 Å². The average Bonchev–Trinajstić information content (AvgIpc) is 2.59. The third kappa shape index (κ3) is 5.97. The predicted octanol–water partition coefficient (Wildman–Crippen LogP) is 7.71. The molecular formula is C28H41NO. The molecule has 1 atom stereocenters. The van der Waals surface area contributed by atoms with Crippen molar-refractivity contribution in [1.82, 2.24) is 0 Å². The number of nitrogens with one attached hydrogen (secondary N) is 1. The molecule has 0 saturated carbocycles. The maximum Gasteiger partial charge on any atom is 0.224 e. The molecule has 2 aromatic rings. The molecule has 0 aliphatic rings. The fourth-order valence-electron chi connectivity index (χ4n) is 3.76. The van der Waals surface area contributed by atoms with Gasteiger partial charge in [-0.15, -0.1) is 0 Å². The maximum atomic E-state index is 13.1. The minimum Gasteiger partial charge on any atom is -0.326 e. The Balaban J connectivity index is 2.50. The highest BCUT2D eigenvalue weighted by molar-refractivity contribution is 5.93. The molecule has 0 spiro atoms. The van der Waals surface area contributed by atoms with Crippen molar-refractivity contribution in [2.24, 2.45) is 0 Å². The Morgan fingerprint density at radius 1 is 0.800 bits per heavy atom. The molecular weight excluding hydrogens is 366 g/mol. The first-order valence-corrected chi connectivity index (χ1v) is 11.1. The summed E-state index contributed by atoms with van der Waals surface area (Å²) in [6.45, 7) is 22.2. The highest BCUT2D eigenvalue weighted by atomic mass is 16.1. The number of carbonyl (C=O) groups excluding carboxylic acids is 1. The zero-order chi connectivity index (χ0) is 22.9. The van der Waals surface area contributed by atoms with Crippen molar-refractivity contribution in [3.05, 3.63) is 64.7 Å². The van der Waals surface area contributed by atoms with Crippen LogP contribution in [0.1, 0.15) is 104 Å². The molecule has 0 radical (unpaired) electrons. The summed E-state index contributed by atoms with van der Waals surface area (Å²) in [4.78, 5) is 13.1. The first-order chi connectivity index (χ1) is 13.6. The van der Waals surface area contributed by atoms with E-state index in [1.54, 1.807) is 0 Å². The summed E-state index contributed by atoms with van der Waals surface area (Å²) >= 11 is 0. The highest BCUT2D eigenvalue weighted by Crippen LogP contribution is 2.41. The second kappa shape index (κ2) is 8.57. The van der Waals surface area contributed by atoms with E-state index >= 15 is 0 Å². The average molecular weight is 408 g/mol. The van der Waals surface area contributed by atoms with Crippen LogP contribution in [0.5, 0.6) is 0 Å². The fraction of sp³-hybridized carbons (Fsp3) is 0.536. The number of amides is 1. The molecule has 0 saturated heterocycles. The van der Waals surface area contributed by atoms with Crippen molar-refractivity contribution in [1.29, 1.82) is 0 Å². The van der Waals surface area contributed by atoms with Crippen molar-refractivity contribution in [3.8, 4) is 0 Å². The summed E-state index contributed by atoms with van der Waals surface area (Å²) in [6, 6.07) is 14.9. The molecule has 164 valence electrons. The lowest BCUT2D eigenvalue weighted by atomic mass is 9.74. The normalized spacial score (nSPS) is 13.8. The van der Waals surface area contributed by atoms with E-state index < -0.39 is 0 Å². The van der Waals surface area contributed by atoms with Gasteiger partial charge in [-0.3, -0.25) is 4.79 Å². The molecule has 1 unspecified atom stereocenters. The first kappa shape index (κ1) is 24.2. The lowest BCUT2D eigenvalue weighted by Crippen LogP contribution is -2.26. The summed E-state index contributed by atoms with van der Waals surface area (Å²) in [6.07, 6.45) is 0.470. The number of hydrogen-bond donors (Lipinski definition) is 1. The number of anilines is 1. The van der Waals surface area contributed by atoms with Gasteiger partial charge in [-0.05, 0) is 44.4 Å². The molecule has 0 aliphatic heterocycles. The Kier molecular flexibility index (Phi) is 6.91. The second-order valence-corrected chi connectivity index (χ2v) is 11.8. The smallest absolute Gasteiger partial charge is 0.224 e. The van der Waals surface area contributed by atoms with Gasteiger partial charge in [0.2, 0.25) is 5.91 Å². The van der Waals surface area contributed by atoms with Gasteiger partial charge in [0.1, 0.15) is 0 Å². The first-order valence-electron chi connectivity index (χ1n) is 11.1. The molecule has 1 amide bonds. The maximum absolute atomic E-state index is 13.1. The summed E-state index contributed by atoms with van der Waals surface area (Å²) in [5.74, 6) is 0.252. The van der Waals surface area contributed by atoms with Gasteiger partial charge in [0.25, 0.3) is 0 Å². The van der Waals surface area contributed by atoms with Crippen molar-refractivity contribution in [2.75, 3.05) is 5.32 Å². The highest BCUT2D eigenvalue weighted by Gasteiger charge is 2.30. The minimum absolute atomic E-state index is 0.0460. The van der Waals surface area contributed by atoms with Gasteiger partial charge in [-0.2, -0.15) is 0 Å². The fourth-order valence-corrected chi connectivity index (χ4v) is 3.76. The Morgan fingerprint density at radius 3 is 1.67 bits per heavy atom. The zero-order valence-corrected chi connectivity index (χ0v) is 20.7. The summed E-state index contributed by atoms with van der Waals surface area (Å²) in [5.41, 5.74) is 5.82. The van der Waals surface area contributed by atoms with E-state index in [0.717, 1.165) is 5.69 Å². The Bertz CT molecular complexity index is 839. The lowest BCUT2D eigenvalue weighted by molar-refractivity contribution is -0.116. The Labute approximate surface area is 184 Å². The molecule has 2 aromatic carbocycles. The Hall–Kier alpha value is -2.09. The second-order valence-electron chi connectivity index (χ2n) is 11.8. The van der Waals surface area contributed by atoms with Crippen LogP contribution in [0.15, 0.2) is 42.5 Å². The molecule has 0 aliphatic carbocycles. The monoisotopic (exact) mass is 407 g/mol. The van der Waals surface area contributed by atoms with E-state index in [1.807, 2.05) is 18.2 Å². The number of carbonyl (C=O) groups is 1. The standard InChI is InChI=1S/C28H41NO/c1-19(20-14-12-11-13-15-20)16-24(30)29-25-22(27(5,6)7)17-21(26(2,3)4)18-23(25)28(8,9)10/h11-15,17-19H,16H2,1-10H3,(H,29,30). The molecule has 0 heterocycles. The zero-order valence-electron chi connectivity index (χ0n) is 20.7. The van der Waals surface area contributed by atoms with Gasteiger partial charge >= 0.3 is 0 Å². The van der Waals surface area contributed by atoms with Crippen molar-refractivity contribution < 1.29 is 4.79 Å². The molecule has 0 bridgehead atoms. The van der Waals surface area contributed by atoms with E-state index in [0.29, 0.717) is 6.42 Å². The SMILES string of the molecule is CC(CC(=O)Nc1c(C(C)(C)C)cc(C(C)(C)C)cc1C(C)(C)C)c1ccccc1. The minimum atomic E-state index is -0.0745. The van der Waals surface area contributed by atoms with Gasteiger partial charge < -0.3 is 5.32 Å². The van der Waals surface area contributed by atoms with E-state index in [-0.39, 0.29) is 28.1 Å². The van der Waals surface area contributed by atoms with Crippen LogP contribution >= 0.6 is 0 Å². The van der Waals surface area contributed by atoms with Crippen LogP contribution in [0.25, 0.3) is 0 Å². The lowest BCUT2D eigenvalue weighted by Gasteiger charge is -2.33. The summed E-state index contributed by atoms with van der Waals surface area (Å²) in [5, 5.41) is 3.33. The molecule has 2 rings (SSSR count). The molecule has 0 aromatic heterocycles. The van der Waals surface area contributed by atoms with E-state index in [1.165, 1.54) is 22.3 Å².